The van der Waals surface area contributed by atoms with Gasteiger partial charge in [-0.2, -0.15) is 0 Å². The van der Waals surface area contributed by atoms with E-state index >= 15 is 0 Å². The fourth-order valence-corrected chi connectivity index (χ4v) is 1.62. The maximum Gasteiger partial charge on any atom is 1.00 e. The van der Waals surface area contributed by atoms with Gasteiger partial charge in [0.25, 0.3) is 0 Å². The van der Waals surface area contributed by atoms with E-state index in [1.807, 2.05) is 6.26 Å². The van der Waals surface area contributed by atoms with Crippen molar-refractivity contribution in [3.8, 4) is 0 Å². The normalized spacial score (nSPS) is 10.6. The molecule has 0 aliphatic heterocycles. The number of thioether (sulfide) groups is 1. The zero-order valence-corrected chi connectivity index (χ0v) is 11.0. The summed E-state index contributed by atoms with van der Waals surface area (Å²) in [4.78, 5) is 0.753. The van der Waals surface area contributed by atoms with Crippen LogP contribution in [-0.4, -0.2) is 19.2 Å². The second kappa shape index (κ2) is 5.38. The summed E-state index contributed by atoms with van der Waals surface area (Å²) in [5, 5.41) is 0. The maximum atomic E-state index is 10.5. The SMILES string of the molecule is CSc1ccc(S(=O)(=O)[O-])cc1.[Na+]. The summed E-state index contributed by atoms with van der Waals surface area (Å²) in [5.41, 5.74) is 0. The average Bonchev–Trinajstić information content (AvgIpc) is 2.03. The Bertz CT molecular complexity index is 358. The Labute approximate surface area is 104 Å². The first-order chi connectivity index (χ1) is 5.54. The number of hydrogen-bond acceptors (Lipinski definition) is 4. The van der Waals surface area contributed by atoms with Crippen molar-refractivity contribution in [2.75, 3.05) is 6.26 Å². The maximum absolute atomic E-state index is 10.5. The molecule has 1 rings (SSSR count). The molecule has 13 heavy (non-hydrogen) atoms. The van der Waals surface area contributed by atoms with E-state index in [0.717, 1.165) is 4.90 Å². The molecule has 0 aliphatic carbocycles. The predicted octanol–water partition coefficient (Wildman–Crippen LogP) is -1.68. The van der Waals surface area contributed by atoms with Crippen LogP contribution in [0.4, 0.5) is 0 Å². The van der Waals surface area contributed by atoms with Gasteiger partial charge in [0.2, 0.25) is 0 Å². The third-order valence-electron chi connectivity index (χ3n) is 1.35. The van der Waals surface area contributed by atoms with Crippen LogP contribution in [0, 0.1) is 0 Å². The predicted molar refractivity (Wildman–Crippen MR) is 46.2 cm³/mol. The molecule has 0 unspecified atom stereocenters. The Morgan fingerprint density at radius 2 is 1.69 bits per heavy atom. The van der Waals surface area contributed by atoms with Crippen LogP contribution in [0.5, 0.6) is 0 Å². The van der Waals surface area contributed by atoms with E-state index in [0.29, 0.717) is 0 Å². The van der Waals surface area contributed by atoms with Gasteiger partial charge in [0, 0.05) is 4.90 Å². The van der Waals surface area contributed by atoms with Gasteiger partial charge in [0.05, 0.1) is 4.90 Å². The molecule has 1 aromatic carbocycles. The van der Waals surface area contributed by atoms with Crippen LogP contribution in [0.2, 0.25) is 0 Å². The Kier molecular flexibility index (Phi) is 5.58. The first kappa shape index (κ1) is 13.5. The molecular formula is C7H7NaO3S2. The molecule has 0 aliphatic rings. The molecule has 0 radical (unpaired) electrons. The van der Waals surface area contributed by atoms with Crippen molar-refractivity contribution >= 4 is 21.9 Å². The van der Waals surface area contributed by atoms with Crippen LogP contribution < -0.4 is 29.6 Å². The Morgan fingerprint density at radius 1 is 1.23 bits per heavy atom. The summed E-state index contributed by atoms with van der Waals surface area (Å²) >= 11 is 1.49. The van der Waals surface area contributed by atoms with Crippen LogP contribution in [0.15, 0.2) is 34.1 Å². The summed E-state index contributed by atoms with van der Waals surface area (Å²) in [5.74, 6) is 0. The third-order valence-corrected chi connectivity index (χ3v) is 2.94. The minimum Gasteiger partial charge on any atom is -0.744 e. The zero-order valence-electron chi connectivity index (χ0n) is 7.35. The van der Waals surface area contributed by atoms with Gasteiger partial charge in [0.15, 0.2) is 0 Å². The molecule has 0 amide bonds. The van der Waals surface area contributed by atoms with Gasteiger partial charge in [0.1, 0.15) is 10.1 Å². The molecule has 6 heteroatoms. The van der Waals surface area contributed by atoms with Crippen molar-refractivity contribution < 1.29 is 42.5 Å². The molecule has 0 aromatic heterocycles. The van der Waals surface area contributed by atoms with E-state index < -0.39 is 10.1 Å². The molecule has 0 saturated carbocycles. The van der Waals surface area contributed by atoms with E-state index in [1.54, 1.807) is 12.1 Å². The molecule has 0 spiro atoms. The van der Waals surface area contributed by atoms with Crippen LogP contribution in [0.3, 0.4) is 0 Å². The van der Waals surface area contributed by atoms with Crippen molar-refractivity contribution in [1.29, 1.82) is 0 Å². The molecule has 0 N–H and O–H groups in total. The van der Waals surface area contributed by atoms with Gasteiger partial charge in [-0.25, -0.2) is 8.42 Å². The summed E-state index contributed by atoms with van der Waals surface area (Å²) < 4.78 is 31.4. The van der Waals surface area contributed by atoms with Crippen molar-refractivity contribution in [3.05, 3.63) is 24.3 Å². The smallest absolute Gasteiger partial charge is 0.744 e. The standard InChI is InChI=1S/C7H8O3S2.Na/c1-11-6-2-4-7(5-3-6)12(8,9)10;/h2-5H,1H3,(H,8,9,10);/q;+1/p-1. The molecule has 66 valence electrons. The Hall–Kier alpha value is 0.480. The van der Waals surface area contributed by atoms with E-state index in [-0.39, 0.29) is 34.5 Å². The largest absolute Gasteiger partial charge is 1.00 e. The molecule has 0 bridgehead atoms. The Morgan fingerprint density at radius 3 is 2.00 bits per heavy atom. The first-order valence-electron chi connectivity index (χ1n) is 3.14. The van der Waals surface area contributed by atoms with Crippen molar-refractivity contribution in [2.24, 2.45) is 0 Å². The van der Waals surface area contributed by atoms with Gasteiger partial charge in [-0.3, -0.25) is 0 Å². The minimum absolute atomic E-state index is 0. The summed E-state index contributed by atoms with van der Waals surface area (Å²) in [6.07, 6.45) is 1.88. The average molecular weight is 226 g/mol. The number of benzene rings is 1. The molecule has 1 aromatic rings. The summed E-state index contributed by atoms with van der Waals surface area (Å²) in [6, 6.07) is 5.84. The molecule has 0 saturated heterocycles. The topological polar surface area (TPSA) is 57.2 Å². The summed E-state index contributed by atoms with van der Waals surface area (Å²) in [7, 11) is -4.29. The van der Waals surface area contributed by atoms with Gasteiger partial charge < -0.3 is 4.55 Å². The molecular weight excluding hydrogens is 219 g/mol. The molecule has 3 nitrogen and oxygen atoms in total. The van der Waals surface area contributed by atoms with E-state index in [9.17, 15) is 13.0 Å². The van der Waals surface area contributed by atoms with Crippen molar-refractivity contribution in [2.45, 2.75) is 9.79 Å². The summed E-state index contributed by atoms with van der Waals surface area (Å²) in [6.45, 7) is 0. The zero-order chi connectivity index (χ0) is 9.19. The van der Waals surface area contributed by atoms with E-state index in [4.69, 9.17) is 0 Å². The second-order valence-corrected chi connectivity index (χ2v) is 4.39. The molecule has 0 fully saturated rings. The fraction of sp³-hybridized carbons (Fsp3) is 0.143. The van der Waals surface area contributed by atoms with Gasteiger partial charge in [-0.15, -0.1) is 11.8 Å². The van der Waals surface area contributed by atoms with Crippen LogP contribution >= 0.6 is 11.8 Å². The molecule has 0 atom stereocenters. The van der Waals surface area contributed by atoms with Crippen LogP contribution in [0.1, 0.15) is 0 Å². The second-order valence-electron chi connectivity index (χ2n) is 2.13. The molecule has 0 heterocycles. The van der Waals surface area contributed by atoms with E-state index in [2.05, 4.69) is 0 Å². The fourth-order valence-electron chi connectivity index (χ4n) is 0.742. The monoisotopic (exact) mass is 226 g/mol. The minimum atomic E-state index is -4.29. The van der Waals surface area contributed by atoms with Gasteiger partial charge >= 0.3 is 29.6 Å². The van der Waals surface area contributed by atoms with Crippen molar-refractivity contribution in [3.63, 3.8) is 0 Å². The Balaban J connectivity index is 0.00000144. The quantitative estimate of drug-likeness (QED) is 0.343. The van der Waals surface area contributed by atoms with Crippen LogP contribution in [0.25, 0.3) is 0 Å². The van der Waals surface area contributed by atoms with Crippen LogP contribution in [-0.2, 0) is 10.1 Å². The van der Waals surface area contributed by atoms with Crippen molar-refractivity contribution in [1.82, 2.24) is 0 Å². The number of rotatable bonds is 2. The van der Waals surface area contributed by atoms with Gasteiger partial charge in [-0.1, -0.05) is 0 Å². The third kappa shape index (κ3) is 4.01. The van der Waals surface area contributed by atoms with E-state index in [1.165, 1.54) is 23.9 Å². The van der Waals surface area contributed by atoms with Gasteiger partial charge in [-0.05, 0) is 30.5 Å². The number of hydrogen-bond donors (Lipinski definition) is 0. The first-order valence-corrected chi connectivity index (χ1v) is 5.77.